The molecule has 47 heavy (non-hydrogen) atoms. The molecule has 1 aliphatic heterocycles. The Balaban J connectivity index is 0.00000386. The van der Waals surface area contributed by atoms with Gasteiger partial charge in [-0.25, -0.2) is 19.6 Å². The van der Waals surface area contributed by atoms with Gasteiger partial charge in [0.05, 0.1) is 31.1 Å². The molecule has 236 valence electrons. The number of aromatic nitrogens is 3. The summed E-state index contributed by atoms with van der Waals surface area (Å²) in [6.45, 7) is 0.240. The average Bonchev–Trinajstić information content (AvgIpc) is 3.51. The predicted molar refractivity (Wildman–Crippen MR) is 186 cm³/mol. The number of nitrogens with one attached hydrogen (secondary N) is 1. The van der Waals surface area contributed by atoms with Gasteiger partial charge in [0.1, 0.15) is 5.75 Å². The fourth-order valence-electron chi connectivity index (χ4n) is 5.73. The molecule has 0 aliphatic carbocycles. The Morgan fingerprint density at radius 3 is 2.34 bits per heavy atom. The standard InChI is InChI=1S/C36H31N7O3.ClH/c1-46-29-18-16-26(17-19-29)41-23-25-22-39-35(40-33(25)42(36(41)45)27-10-4-2-5-11-27)43(28-12-6-3-7-13-28)34(44)31(37)20-24-21-38-32-15-9-8-14-30(24)32;/h2-19,21-22,31,38H,20,23,37H2,1H3;1H/t31-;/m0./s1. The minimum absolute atomic E-state index is 0. The van der Waals surface area contributed by atoms with Crippen LogP contribution in [0.3, 0.4) is 0 Å². The summed E-state index contributed by atoms with van der Waals surface area (Å²) in [5.74, 6) is 0.834. The van der Waals surface area contributed by atoms with E-state index in [1.807, 2.05) is 115 Å². The molecule has 0 saturated heterocycles. The number of halogens is 1. The van der Waals surface area contributed by atoms with Crippen molar-refractivity contribution in [3.63, 3.8) is 0 Å². The number of nitrogens with zero attached hydrogens (tertiary/aromatic N) is 5. The van der Waals surface area contributed by atoms with Crippen molar-refractivity contribution in [1.29, 1.82) is 0 Å². The predicted octanol–water partition coefficient (Wildman–Crippen LogP) is 6.90. The second kappa shape index (κ2) is 13.3. The van der Waals surface area contributed by atoms with Crippen LogP contribution in [-0.4, -0.2) is 40.0 Å². The van der Waals surface area contributed by atoms with E-state index in [4.69, 9.17) is 15.5 Å². The second-order valence-electron chi connectivity index (χ2n) is 10.9. The Labute approximate surface area is 277 Å². The highest BCUT2D eigenvalue weighted by Gasteiger charge is 2.36. The number of hydrogen-bond acceptors (Lipinski definition) is 6. The summed E-state index contributed by atoms with van der Waals surface area (Å²) in [5.41, 5.74) is 11.1. The Hall–Kier alpha value is -5.71. The Morgan fingerprint density at radius 1 is 0.936 bits per heavy atom. The number of H-pyrrole nitrogens is 1. The Kier molecular flexibility index (Phi) is 8.88. The number of urea groups is 1. The fraction of sp³-hybridized carbons (Fsp3) is 0.111. The van der Waals surface area contributed by atoms with Crippen LogP contribution in [0.4, 0.5) is 33.6 Å². The lowest BCUT2D eigenvalue weighted by Gasteiger charge is -2.36. The summed E-state index contributed by atoms with van der Waals surface area (Å²) in [7, 11) is 1.60. The number of rotatable bonds is 8. The third-order valence-corrected chi connectivity index (χ3v) is 8.06. The molecule has 0 bridgehead atoms. The van der Waals surface area contributed by atoms with Gasteiger partial charge in [-0.2, -0.15) is 4.98 Å². The molecule has 0 unspecified atom stereocenters. The zero-order chi connectivity index (χ0) is 31.6. The highest BCUT2D eigenvalue weighted by atomic mass is 35.5. The number of amides is 3. The van der Waals surface area contributed by atoms with Crippen molar-refractivity contribution < 1.29 is 14.3 Å². The first kappa shape index (κ1) is 31.3. The van der Waals surface area contributed by atoms with Crippen LogP contribution in [0.25, 0.3) is 10.9 Å². The lowest BCUT2D eigenvalue weighted by atomic mass is 10.0. The van der Waals surface area contributed by atoms with Gasteiger partial charge in [-0.05, 0) is 66.6 Å². The van der Waals surface area contributed by atoms with E-state index >= 15 is 0 Å². The maximum atomic E-state index is 14.2. The second-order valence-corrected chi connectivity index (χ2v) is 10.9. The molecule has 3 N–H and O–H groups in total. The molecule has 10 nitrogen and oxygen atoms in total. The Bertz CT molecular complexity index is 2020. The highest BCUT2D eigenvalue weighted by Crippen LogP contribution is 2.37. The first-order valence-electron chi connectivity index (χ1n) is 14.9. The number of anilines is 5. The van der Waals surface area contributed by atoms with Crippen molar-refractivity contribution in [1.82, 2.24) is 15.0 Å². The number of fused-ring (bicyclic) bond motifs is 2. The monoisotopic (exact) mass is 645 g/mol. The van der Waals surface area contributed by atoms with E-state index in [-0.39, 0.29) is 36.8 Å². The molecule has 0 fully saturated rings. The van der Waals surface area contributed by atoms with Gasteiger partial charge in [0, 0.05) is 34.5 Å². The van der Waals surface area contributed by atoms with Gasteiger partial charge in [-0.1, -0.05) is 54.6 Å². The van der Waals surface area contributed by atoms with Crippen LogP contribution in [0.15, 0.2) is 122 Å². The van der Waals surface area contributed by atoms with E-state index in [9.17, 15) is 9.59 Å². The molecule has 11 heteroatoms. The summed E-state index contributed by atoms with van der Waals surface area (Å²) in [5, 5.41) is 1.01. The van der Waals surface area contributed by atoms with Crippen LogP contribution in [0.1, 0.15) is 11.1 Å². The van der Waals surface area contributed by atoms with Crippen molar-refractivity contribution >= 4 is 64.1 Å². The van der Waals surface area contributed by atoms with Crippen LogP contribution < -0.4 is 25.2 Å². The minimum Gasteiger partial charge on any atom is -0.497 e. The molecule has 3 amide bonds. The number of carbonyl (C=O) groups is 2. The normalized spacial score (nSPS) is 13.1. The van der Waals surface area contributed by atoms with E-state index < -0.39 is 6.04 Å². The van der Waals surface area contributed by atoms with E-state index in [0.717, 1.165) is 16.5 Å². The quantitative estimate of drug-likeness (QED) is 0.186. The average molecular weight is 646 g/mol. The van der Waals surface area contributed by atoms with Gasteiger partial charge < -0.3 is 15.5 Å². The number of benzene rings is 4. The van der Waals surface area contributed by atoms with E-state index in [1.165, 1.54) is 4.90 Å². The van der Waals surface area contributed by atoms with Gasteiger partial charge >= 0.3 is 6.03 Å². The summed E-state index contributed by atoms with van der Waals surface area (Å²) >= 11 is 0. The number of methoxy groups -OCH3 is 1. The van der Waals surface area contributed by atoms with Crippen LogP contribution in [-0.2, 0) is 17.8 Å². The van der Waals surface area contributed by atoms with Crippen LogP contribution in [0, 0.1) is 0 Å². The maximum absolute atomic E-state index is 14.2. The maximum Gasteiger partial charge on any atom is 0.335 e. The molecule has 0 spiro atoms. The van der Waals surface area contributed by atoms with Gasteiger partial charge in [0.2, 0.25) is 5.95 Å². The van der Waals surface area contributed by atoms with E-state index in [2.05, 4.69) is 9.97 Å². The molecule has 6 aromatic rings. The summed E-state index contributed by atoms with van der Waals surface area (Å²) in [4.78, 5) is 45.8. The van der Waals surface area contributed by atoms with Crippen LogP contribution in [0.2, 0.25) is 0 Å². The van der Waals surface area contributed by atoms with E-state index in [1.54, 1.807) is 23.1 Å². The van der Waals surface area contributed by atoms with Gasteiger partial charge in [0.15, 0.2) is 5.82 Å². The highest BCUT2D eigenvalue weighted by molar-refractivity contribution is 6.10. The summed E-state index contributed by atoms with van der Waals surface area (Å²) < 4.78 is 5.31. The number of para-hydroxylation sites is 3. The van der Waals surface area contributed by atoms with Crippen molar-refractivity contribution in [3.05, 3.63) is 133 Å². The van der Waals surface area contributed by atoms with Crippen molar-refractivity contribution in [2.45, 2.75) is 19.0 Å². The van der Waals surface area contributed by atoms with Crippen molar-refractivity contribution in [2.24, 2.45) is 5.73 Å². The third-order valence-electron chi connectivity index (χ3n) is 8.06. The van der Waals surface area contributed by atoms with Crippen molar-refractivity contribution in [2.75, 3.05) is 21.8 Å². The topological polar surface area (TPSA) is 121 Å². The largest absolute Gasteiger partial charge is 0.497 e. The first-order chi connectivity index (χ1) is 22.5. The zero-order valence-electron chi connectivity index (χ0n) is 25.5. The lowest BCUT2D eigenvalue weighted by Crippen LogP contribution is -2.46. The number of ether oxygens (including phenoxy) is 1. The number of aromatic amines is 1. The van der Waals surface area contributed by atoms with Crippen LogP contribution >= 0.6 is 12.4 Å². The van der Waals surface area contributed by atoms with Crippen molar-refractivity contribution in [3.8, 4) is 5.75 Å². The smallest absolute Gasteiger partial charge is 0.335 e. The lowest BCUT2D eigenvalue weighted by molar-refractivity contribution is -0.119. The van der Waals surface area contributed by atoms with Crippen LogP contribution in [0.5, 0.6) is 5.75 Å². The number of hydrogen-bond donors (Lipinski definition) is 2. The fourth-order valence-corrected chi connectivity index (χ4v) is 5.73. The minimum atomic E-state index is -0.892. The molecule has 2 aromatic heterocycles. The molecule has 4 aromatic carbocycles. The zero-order valence-corrected chi connectivity index (χ0v) is 26.3. The number of carbonyl (C=O) groups excluding carboxylic acids is 2. The SMILES string of the molecule is COc1ccc(N2Cc3cnc(N(C(=O)[C@@H](N)Cc4c[nH]c5ccccc45)c4ccccc4)nc3N(c3ccccc3)C2=O)cc1.Cl. The molecule has 0 radical (unpaired) electrons. The van der Waals surface area contributed by atoms with Gasteiger partial charge in [-0.3, -0.25) is 9.69 Å². The molecular weight excluding hydrogens is 614 g/mol. The molecule has 1 atom stereocenters. The molecule has 0 saturated carbocycles. The number of nitrogens with two attached hydrogens (primary N) is 1. The molecule has 1 aliphatic rings. The summed E-state index contributed by atoms with van der Waals surface area (Å²) in [6, 6.07) is 32.5. The van der Waals surface area contributed by atoms with E-state index in [0.29, 0.717) is 40.6 Å². The van der Waals surface area contributed by atoms with Gasteiger partial charge in [0.25, 0.3) is 5.91 Å². The van der Waals surface area contributed by atoms with Gasteiger partial charge in [-0.15, -0.1) is 12.4 Å². The first-order valence-corrected chi connectivity index (χ1v) is 14.9. The summed E-state index contributed by atoms with van der Waals surface area (Å²) in [6.07, 6.45) is 3.87. The molecule has 3 heterocycles. The Morgan fingerprint density at radius 2 is 1.62 bits per heavy atom. The third kappa shape index (κ3) is 5.99. The molecular formula is C36H32ClN7O3. The molecule has 7 rings (SSSR count).